The Morgan fingerprint density at radius 1 is 1.09 bits per heavy atom. The molecule has 23 heavy (non-hydrogen) atoms. The lowest BCUT2D eigenvalue weighted by Crippen LogP contribution is -2.29. The highest BCUT2D eigenvalue weighted by atomic mass is 16.2. The van der Waals surface area contributed by atoms with Gasteiger partial charge in [0, 0.05) is 5.71 Å². The number of para-hydroxylation sites is 2. The molecule has 114 valence electrons. The van der Waals surface area contributed by atoms with E-state index in [1.165, 1.54) is 5.01 Å². The van der Waals surface area contributed by atoms with E-state index in [1.807, 2.05) is 61.5 Å². The summed E-state index contributed by atoms with van der Waals surface area (Å²) in [5.74, 6) is 0.210. The van der Waals surface area contributed by atoms with Crippen LogP contribution in [0.1, 0.15) is 12.5 Å². The lowest BCUT2D eigenvalue weighted by atomic mass is 9.95. The van der Waals surface area contributed by atoms with E-state index in [4.69, 9.17) is 0 Å². The third-order valence-electron chi connectivity index (χ3n) is 4.13. The summed E-state index contributed by atoms with van der Waals surface area (Å²) in [6, 6.07) is 17.7. The number of anilines is 1. The highest BCUT2D eigenvalue weighted by Crippen LogP contribution is 2.26. The standard InChI is InChI=1S/C18H16N4O/c1-12-14(11-13-7-3-2-4-8-13)17(23)22(21-12)18-19-15-9-5-6-10-16(15)20-18/h2-10,14H,11H2,1H3,(H,19,20)/t14-/m0/s1. The third-order valence-corrected chi connectivity index (χ3v) is 4.13. The van der Waals surface area contributed by atoms with Crippen LogP contribution in [0.25, 0.3) is 11.0 Å². The molecule has 1 atom stereocenters. The summed E-state index contributed by atoms with van der Waals surface area (Å²) in [6.45, 7) is 1.90. The molecule has 0 fully saturated rings. The minimum absolute atomic E-state index is 0.0367. The van der Waals surface area contributed by atoms with Crippen molar-refractivity contribution in [3.8, 4) is 0 Å². The Kier molecular flexibility index (Phi) is 3.19. The van der Waals surface area contributed by atoms with Gasteiger partial charge in [-0.15, -0.1) is 0 Å². The van der Waals surface area contributed by atoms with E-state index in [-0.39, 0.29) is 11.8 Å². The van der Waals surface area contributed by atoms with Crippen LogP contribution >= 0.6 is 0 Å². The molecule has 1 amide bonds. The van der Waals surface area contributed by atoms with Crippen molar-refractivity contribution in [2.24, 2.45) is 11.0 Å². The third kappa shape index (κ3) is 2.40. The zero-order valence-electron chi connectivity index (χ0n) is 12.7. The fraction of sp³-hybridized carbons (Fsp3) is 0.167. The van der Waals surface area contributed by atoms with E-state index in [0.717, 1.165) is 22.3 Å². The predicted molar refractivity (Wildman–Crippen MR) is 90.3 cm³/mol. The van der Waals surface area contributed by atoms with Gasteiger partial charge in [-0.2, -0.15) is 10.1 Å². The number of carbonyl (C=O) groups excluding carboxylic acids is 1. The van der Waals surface area contributed by atoms with Crippen LogP contribution in [0.3, 0.4) is 0 Å². The smallest absolute Gasteiger partial charge is 0.259 e. The van der Waals surface area contributed by atoms with Crippen molar-refractivity contribution in [1.29, 1.82) is 0 Å². The molecule has 0 saturated heterocycles. The molecule has 3 aromatic rings. The Balaban J connectivity index is 1.63. The highest BCUT2D eigenvalue weighted by Gasteiger charge is 2.35. The maximum absolute atomic E-state index is 12.7. The van der Waals surface area contributed by atoms with Gasteiger partial charge in [-0.1, -0.05) is 42.5 Å². The fourth-order valence-corrected chi connectivity index (χ4v) is 2.88. The Labute approximate surface area is 133 Å². The minimum Gasteiger partial charge on any atom is -0.322 e. The molecule has 4 rings (SSSR count). The first kappa shape index (κ1) is 13.7. The van der Waals surface area contributed by atoms with Gasteiger partial charge in [-0.25, -0.2) is 4.98 Å². The highest BCUT2D eigenvalue weighted by molar-refractivity contribution is 6.14. The van der Waals surface area contributed by atoms with E-state index in [2.05, 4.69) is 15.1 Å². The van der Waals surface area contributed by atoms with Crippen LogP contribution in [-0.2, 0) is 11.2 Å². The average molecular weight is 304 g/mol. The first-order valence-corrected chi connectivity index (χ1v) is 7.60. The molecule has 2 aromatic carbocycles. The second kappa shape index (κ2) is 5.35. The van der Waals surface area contributed by atoms with Crippen LogP contribution in [-0.4, -0.2) is 21.6 Å². The average Bonchev–Trinajstić information content (AvgIpc) is 3.12. The van der Waals surface area contributed by atoms with Crippen molar-refractivity contribution in [3.05, 3.63) is 60.2 Å². The molecule has 1 aliphatic rings. The molecule has 1 aliphatic heterocycles. The molecule has 0 unspecified atom stereocenters. The number of carbonyl (C=O) groups is 1. The van der Waals surface area contributed by atoms with Crippen LogP contribution in [0.15, 0.2) is 59.7 Å². The van der Waals surface area contributed by atoms with Crippen LogP contribution in [0.5, 0.6) is 0 Å². The molecular weight excluding hydrogens is 288 g/mol. The van der Waals surface area contributed by atoms with Gasteiger partial charge in [-0.05, 0) is 31.0 Å². The zero-order valence-corrected chi connectivity index (χ0v) is 12.7. The first-order valence-electron chi connectivity index (χ1n) is 7.60. The van der Waals surface area contributed by atoms with Gasteiger partial charge in [0.25, 0.3) is 5.91 Å². The number of aromatic nitrogens is 2. The maximum atomic E-state index is 12.7. The quantitative estimate of drug-likeness (QED) is 0.808. The summed E-state index contributed by atoms with van der Waals surface area (Å²) >= 11 is 0. The Bertz CT molecular complexity index is 865. The van der Waals surface area contributed by atoms with Gasteiger partial charge in [0.15, 0.2) is 0 Å². The normalized spacial score (nSPS) is 17.8. The molecule has 5 nitrogen and oxygen atoms in total. The van der Waals surface area contributed by atoms with E-state index >= 15 is 0 Å². The lowest BCUT2D eigenvalue weighted by molar-refractivity contribution is -0.119. The summed E-state index contributed by atoms with van der Waals surface area (Å²) in [5, 5.41) is 5.81. The topological polar surface area (TPSA) is 61.4 Å². The zero-order chi connectivity index (χ0) is 15.8. The summed E-state index contributed by atoms with van der Waals surface area (Å²) in [6.07, 6.45) is 0.658. The SMILES string of the molecule is CC1=NN(c2nc3ccccc3[nH]2)C(=O)[C@H]1Cc1ccccc1. The van der Waals surface area contributed by atoms with E-state index in [1.54, 1.807) is 0 Å². The van der Waals surface area contributed by atoms with Crippen LogP contribution < -0.4 is 5.01 Å². The number of aromatic amines is 1. The number of rotatable bonds is 3. The van der Waals surface area contributed by atoms with Crippen molar-refractivity contribution in [2.75, 3.05) is 5.01 Å². The summed E-state index contributed by atoms with van der Waals surface area (Å²) in [4.78, 5) is 20.4. The Morgan fingerprint density at radius 3 is 2.61 bits per heavy atom. The summed E-state index contributed by atoms with van der Waals surface area (Å²) in [7, 11) is 0. The molecule has 0 spiro atoms. The number of nitrogens with one attached hydrogen (secondary N) is 1. The van der Waals surface area contributed by atoms with E-state index in [9.17, 15) is 4.79 Å². The molecule has 1 aromatic heterocycles. The van der Waals surface area contributed by atoms with Crippen molar-refractivity contribution >= 4 is 28.6 Å². The van der Waals surface area contributed by atoms with Gasteiger partial charge in [0.05, 0.1) is 17.0 Å². The second-order valence-corrected chi connectivity index (χ2v) is 5.71. The largest absolute Gasteiger partial charge is 0.322 e. The molecule has 5 heteroatoms. The summed E-state index contributed by atoms with van der Waals surface area (Å²) in [5.41, 5.74) is 3.68. The van der Waals surface area contributed by atoms with Crippen molar-refractivity contribution < 1.29 is 4.79 Å². The Hall–Kier alpha value is -2.95. The minimum atomic E-state index is -0.231. The molecule has 0 bridgehead atoms. The molecule has 0 aliphatic carbocycles. The predicted octanol–water partition coefficient (Wildman–Crippen LogP) is 3.14. The number of benzene rings is 2. The first-order chi connectivity index (χ1) is 11.2. The van der Waals surface area contributed by atoms with Crippen molar-refractivity contribution in [1.82, 2.24) is 9.97 Å². The van der Waals surface area contributed by atoms with Gasteiger partial charge in [0.2, 0.25) is 5.95 Å². The summed E-state index contributed by atoms with van der Waals surface area (Å²) < 4.78 is 0. The Morgan fingerprint density at radius 2 is 1.83 bits per heavy atom. The van der Waals surface area contributed by atoms with Crippen LogP contribution in [0, 0.1) is 5.92 Å². The van der Waals surface area contributed by atoms with E-state index in [0.29, 0.717) is 12.4 Å². The van der Waals surface area contributed by atoms with Gasteiger partial charge >= 0.3 is 0 Å². The van der Waals surface area contributed by atoms with Crippen molar-refractivity contribution in [3.63, 3.8) is 0 Å². The number of hydrogen-bond donors (Lipinski definition) is 1. The number of H-pyrrole nitrogens is 1. The monoisotopic (exact) mass is 304 g/mol. The fourth-order valence-electron chi connectivity index (χ4n) is 2.88. The molecule has 0 radical (unpaired) electrons. The van der Waals surface area contributed by atoms with Gasteiger partial charge in [-0.3, -0.25) is 4.79 Å². The lowest BCUT2D eigenvalue weighted by Gasteiger charge is -2.11. The number of fused-ring (bicyclic) bond motifs is 1. The molecular formula is C18H16N4O. The number of hydrogen-bond acceptors (Lipinski definition) is 3. The second-order valence-electron chi connectivity index (χ2n) is 5.71. The number of imidazole rings is 1. The van der Waals surface area contributed by atoms with E-state index < -0.39 is 0 Å². The maximum Gasteiger partial charge on any atom is 0.259 e. The number of hydrazone groups is 1. The number of amides is 1. The molecule has 1 N–H and O–H groups in total. The number of nitrogens with zero attached hydrogens (tertiary/aromatic N) is 3. The van der Waals surface area contributed by atoms with Crippen LogP contribution in [0.4, 0.5) is 5.95 Å². The van der Waals surface area contributed by atoms with Crippen LogP contribution in [0.2, 0.25) is 0 Å². The molecule has 2 heterocycles. The molecule has 0 saturated carbocycles. The van der Waals surface area contributed by atoms with Gasteiger partial charge in [0.1, 0.15) is 0 Å². The van der Waals surface area contributed by atoms with Crippen molar-refractivity contribution in [2.45, 2.75) is 13.3 Å². The van der Waals surface area contributed by atoms with Gasteiger partial charge < -0.3 is 4.98 Å².